The molecule has 0 fully saturated rings. The molecule has 2 rings (SSSR count). The first kappa shape index (κ1) is 33.5. The van der Waals surface area contributed by atoms with Crippen molar-refractivity contribution in [2.45, 2.75) is 70.1 Å². The fourth-order valence-corrected chi connectivity index (χ4v) is 4.28. The van der Waals surface area contributed by atoms with E-state index in [2.05, 4.69) is 25.9 Å². The number of nitrogens with one attached hydrogen (secondary N) is 4. The maximum atomic E-state index is 13.4. The number of benzene rings is 1. The second-order valence-electron chi connectivity index (χ2n) is 10.3. The predicted molar refractivity (Wildman–Crippen MR) is 157 cm³/mol. The van der Waals surface area contributed by atoms with Crippen molar-refractivity contribution in [2.24, 2.45) is 33.8 Å². The SMILES string of the molecule is CC(C)C(NC(=O)C(CCC(N)=O)NC(=O)C(CCCN=C(N)N)NC(=O)C(N)Cc1c[nH]c2ccccc12)C(=O)O. The van der Waals surface area contributed by atoms with Gasteiger partial charge in [-0.1, -0.05) is 32.0 Å². The quantitative estimate of drug-likeness (QED) is 0.0594. The number of aromatic amines is 1. The predicted octanol–water partition coefficient (Wildman–Crippen LogP) is -1.45. The summed E-state index contributed by atoms with van der Waals surface area (Å²) in [5.74, 6) is -4.73. The van der Waals surface area contributed by atoms with Gasteiger partial charge in [-0.25, -0.2) is 4.79 Å². The lowest BCUT2D eigenvalue weighted by Gasteiger charge is -2.26. The van der Waals surface area contributed by atoms with E-state index >= 15 is 0 Å². The lowest BCUT2D eigenvalue weighted by molar-refractivity contribution is -0.143. The smallest absolute Gasteiger partial charge is 0.326 e. The van der Waals surface area contributed by atoms with E-state index in [9.17, 15) is 29.1 Å². The van der Waals surface area contributed by atoms with Gasteiger partial charge in [0.1, 0.15) is 18.1 Å². The largest absolute Gasteiger partial charge is 0.480 e. The number of carboxylic acids is 1. The number of para-hydroxylation sites is 1. The fourth-order valence-electron chi connectivity index (χ4n) is 4.28. The van der Waals surface area contributed by atoms with Gasteiger partial charge in [0.15, 0.2) is 5.96 Å². The maximum absolute atomic E-state index is 13.4. The Balaban J connectivity index is 2.20. The van der Waals surface area contributed by atoms with Crippen molar-refractivity contribution >= 4 is 46.5 Å². The monoisotopic (exact) mass is 587 g/mol. The number of aromatic nitrogens is 1. The minimum absolute atomic E-state index is 0.0854. The average molecular weight is 588 g/mol. The summed E-state index contributed by atoms with van der Waals surface area (Å²) in [5, 5.41) is 17.9. The Morgan fingerprint density at radius 3 is 2.17 bits per heavy atom. The molecule has 42 heavy (non-hydrogen) atoms. The van der Waals surface area contributed by atoms with Gasteiger partial charge < -0.3 is 49.0 Å². The number of carbonyl (C=O) groups is 5. The molecule has 4 atom stereocenters. The van der Waals surface area contributed by atoms with Crippen LogP contribution in [-0.2, 0) is 30.4 Å². The molecule has 2 aromatic rings. The van der Waals surface area contributed by atoms with Crippen LogP contribution in [0.3, 0.4) is 0 Å². The molecule has 4 unspecified atom stereocenters. The van der Waals surface area contributed by atoms with Crippen LogP contribution in [-0.4, -0.2) is 76.4 Å². The minimum Gasteiger partial charge on any atom is -0.480 e. The van der Waals surface area contributed by atoms with E-state index in [4.69, 9.17) is 22.9 Å². The summed E-state index contributed by atoms with van der Waals surface area (Å²) >= 11 is 0. The highest BCUT2D eigenvalue weighted by molar-refractivity contribution is 5.94. The second-order valence-corrected chi connectivity index (χ2v) is 10.3. The number of primary amides is 1. The van der Waals surface area contributed by atoms with Gasteiger partial charge in [-0.15, -0.1) is 0 Å². The number of nitrogens with zero attached hydrogens (tertiary/aromatic N) is 1. The van der Waals surface area contributed by atoms with Crippen molar-refractivity contribution in [1.82, 2.24) is 20.9 Å². The number of hydrogen-bond acceptors (Lipinski definition) is 7. The van der Waals surface area contributed by atoms with E-state index in [1.807, 2.05) is 24.3 Å². The molecule has 15 nitrogen and oxygen atoms in total. The molecule has 0 aliphatic rings. The van der Waals surface area contributed by atoms with Gasteiger partial charge in [0.2, 0.25) is 23.6 Å². The Hall–Kier alpha value is -4.66. The van der Waals surface area contributed by atoms with Gasteiger partial charge in [-0.05, 0) is 43.2 Å². The van der Waals surface area contributed by atoms with Crippen molar-refractivity contribution in [3.05, 3.63) is 36.0 Å². The third-order valence-corrected chi connectivity index (χ3v) is 6.57. The van der Waals surface area contributed by atoms with Crippen LogP contribution in [0.15, 0.2) is 35.5 Å². The number of carboxylic acid groups (broad SMARTS) is 1. The Bertz CT molecular complexity index is 1290. The van der Waals surface area contributed by atoms with E-state index in [1.165, 1.54) is 0 Å². The number of hydrogen-bond donors (Lipinski definition) is 9. The summed E-state index contributed by atoms with van der Waals surface area (Å²) in [7, 11) is 0. The Morgan fingerprint density at radius 1 is 0.929 bits per heavy atom. The highest BCUT2D eigenvalue weighted by Gasteiger charge is 2.31. The Kier molecular flexibility index (Phi) is 12.7. The van der Waals surface area contributed by atoms with Crippen LogP contribution in [0.1, 0.15) is 45.1 Å². The number of aliphatic imine (C=N–C) groups is 1. The van der Waals surface area contributed by atoms with Crippen molar-refractivity contribution in [3.8, 4) is 0 Å². The first-order valence-corrected chi connectivity index (χ1v) is 13.6. The molecule has 13 N–H and O–H groups in total. The van der Waals surface area contributed by atoms with Crippen LogP contribution in [0.5, 0.6) is 0 Å². The van der Waals surface area contributed by atoms with Gasteiger partial charge in [-0.3, -0.25) is 24.2 Å². The number of amides is 4. The molecular weight excluding hydrogens is 546 g/mol. The number of rotatable bonds is 17. The molecule has 1 aromatic carbocycles. The zero-order chi connectivity index (χ0) is 31.4. The molecule has 4 amide bonds. The van der Waals surface area contributed by atoms with Gasteiger partial charge in [0, 0.05) is 30.1 Å². The van der Waals surface area contributed by atoms with Crippen LogP contribution < -0.4 is 38.9 Å². The van der Waals surface area contributed by atoms with Crippen molar-refractivity contribution in [1.29, 1.82) is 0 Å². The number of H-pyrrole nitrogens is 1. The summed E-state index contributed by atoms with van der Waals surface area (Å²) in [4.78, 5) is 69.5. The molecule has 0 radical (unpaired) electrons. The number of nitrogens with two attached hydrogens (primary N) is 4. The number of guanidine groups is 1. The normalized spacial score (nSPS) is 13.9. The van der Waals surface area contributed by atoms with Gasteiger partial charge in [0.25, 0.3) is 0 Å². The fraction of sp³-hybridized carbons (Fsp3) is 0.481. The third kappa shape index (κ3) is 10.4. The summed E-state index contributed by atoms with van der Waals surface area (Å²) < 4.78 is 0. The summed E-state index contributed by atoms with van der Waals surface area (Å²) in [6, 6.07) is 2.85. The van der Waals surface area contributed by atoms with Crippen molar-refractivity contribution < 1.29 is 29.1 Å². The van der Waals surface area contributed by atoms with Crippen molar-refractivity contribution in [2.75, 3.05) is 6.54 Å². The molecule has 0 saturated heterocycles. The van der Waals surface area contributed by atoms with Crippen LogP contribution in [0, 0.1) is 5.92 Å². The second kappa shape index (κ2) is 16.0. The maximum Gasteiger partial charge on any atom is 0.326 e. The number of aliphatic carboxylic acids is 1. The molecule has 0 aliphatic heterocycles. The molecule has 0 spiro atoms. The van der Waals surface area contributed by atoms with Crippen LogP contribution >= 0.6 is 0 Å². The standard InChI is InChI=1S/C27H41N9O6/c1-14(2)22(26(41)42)36-25(40)20(9-10-21(29)37)35-24(39)19(8-5-11-32-27(30)31)34-23(38)17(28)12-15-13-33-18-7-4-3-6-16(15)18/h3-4,6-7,13-14,17,19-20,22,33H,5,8-12,28H2,1-2H3,(H2,29,37)(H,34,38)(H,35,39)(H,36,40)(H,41,42)(H4,30,31,32). The molecule has 15 heteroatoms. The summed E-state index contributed by atoms with van der Waals surface area (Å²) in [6.45, 7) is 3.39. The van der Waals surface area contributed by atoms with E-state index in [1.54, 1.807) is 20.0 Å². The van der Waals surface area contributed by atoms with E-state index in [-0.39, 0.29) is 38.2 Å². The lowest BCUT2D eigenvalue weighted by Crippen LogP contribution is -2.57. The molecule has 0 saturated carbocycles. The zero-order valence-corrected chi connectivity index (χ0v) is 23.8. The van der Waals surface area contributed by atoms with Gasteiger partial charge in [-0.2, -0.15) is 0 Å². The van der Waals surface area contributed by atoms with Crippen LogP contribution in [0.4, 0.5) is 0 Å². The topological polar surface area (TPSA) is 274 Å². The number of carbonyl (C=O) groups excluding carboxylic acids is 4. The first-order valence-electron chi connectivity index (χ1n) is 13.6. The van der Waals surface area contributed by atoms with Crippen LogP contribution in [0.25, 0.3) is 10.9 Å². The third-order valence-electron chi connectivity index (χ3n) is 6.57. The van der Waals surface area contributed by atoms with Gasteiger partial charge >= 0.3 is 5.97 Å². The first-order chi connectivity index (χ1) is 19.8. The molecule has 1 heterocycles. The van der Waals surface area contributed by atoms with Crippen LogP contribution in [0.2, 0.25) is 0 Å². The minimum atomic E-state index is -1.30. The molecule has 0 aliphatic carbocycles. The summed E-state index contributed by atoms with van der Waals surface area (Å²) in [5.41, 5.74) is 23.9. The molecular formula is C27H41N9O6. The van der Waals surface area contributed by atoms with E-state index < -0.39 is 59.7 Å². The van der Waals surface area contributed by atoms with E-state index in [0.717, 1.165) is 16.5 Å². The highest BCUT2D eigenvalue weighted by Crippen LogP contribution is 2.19. The Morgan fingerprint density at radius 2 is 1.55 bits per heavy atom. The zero-order valence-electron chi connectivity index (χ0n) is 23.8. The van der Waals surface area contributed by atoms with Gasteiger partial charge in [0.05, 0.1) is 6.04 Å². The summed E-state index contributed by atoms with van der Waals surface area (Å²) in [6.07, 6.45) is 1.89. The molecule has 0 bridgehead atoms. The average Bonchev–Trinajstić information content (AvgIpc) is 3.32. The Labute approximate surface area is 243 Å². The van der Waals surface area contributed by atoms with E-state index in [0.29, 0.717) is 6.42 Å². The highest BCUT2D eigenvalue weighted by atomic mass is 16.4. The van der Waals surface area contributed by atoms with Crippen molar-refractivity contribution in [3.63, 3.8) is 0 Å². The lowest BCUT2D eigenvalue weighted by atomic mass is 10.0. The molecule has 230 valence electrons. The number of fused-ring (bicyclic) bond motifs is 1. The molecule has 1 aromatic heterocycles.